The van der Waals surface area contributed by atoms with E-state index in [1.165, 1.54) is 0 Å². The number of hydrogen-bond donors (Lipinski definition) is 1. The van der Waals surface area contributed by atoms with Crippen molar-refractivity contribution < 1.29 is 9.15 Å². The number of anilines is 2. The van der Waals surface area contributed by atoms with Crippen LogP contribution < -0.4 is 10.1 Å². The zero-order valence-corrected chi connectivity index (χ0v) is 11.3. The molecule has 2 aromatic rings. The fraction of sp³-hybridized carbons (Fsp3) is 0.273. The van der Waals surface area contributed by atoms with Gasteiger partial charge in [-0.25, -0.2) is 0 Å². The third-order valence-electron chi connectivity index (χ3n) is 2.18. The second-order valence-corrected chi connectivity index (χ2v) is 4.60. The highest BCUT2D eigenvalue weighted by atomic mass is 35.5. The number of aromatic nitrogens is 2. The Bertz CT molecular complexity index is 543. The Hall–Kier alpha value is -1.46. The monoisotopic (exact) mass is 287 g/mol. The number of rotatable bonds is 4. The molecular weight excluding hydrogens is 277 g/mol. The van der Waals surface area contributed by atoms with Gasteiger partial charge in [0.05, 0.1) is 12.1 Å². The predicted molar refractivity (Wildman–Crippen MR) is 69.9 cm³/mol. The lowest BCUT2D eigenvalue weighted by atomic mass is 10.3. The molecule has 0 amide bonds. The fourth-order valence-corrected chi connectivity index (χ4v) is 1.66. The van der Waals surface area contributed by atoms with E-state index < -0.39 is 0 Å². The van der Waals surface area contributed by atoms with Crippen molar-refractivity contribution in [3.8, 4) is 5.75 Å². The first kappa shape index (κ1) is 13.0. The number of ether oxygens (including phenoxy) is 1. The highest BCUT2D eigenvalue weighted by Gasteiger charge is 2.11. The highest BCUT2D eigenvalue weighted by molar-refractivity contribution is 6.32. The van der Waals surface area contributed by atoms with Crippen molar-refractivity contribution in [3.05, 3.63) is 29.1 Å². The summed E-state index contributed by atoms with van der Waals surface area (Å²) in [7, 11) is 1.56. The van der Waals surface area contributed by atoms with E-state index in [1.54, 1.807) is 32.2 Å². The summed E-state index contributed by atoms with van der Waals surface area (Å²) in [6.45, 7) is 1.75. The number of nitrogens with one attached hydrogen (secondary N) is 1. The van der Waals surface area contributed by atoms with Crippen molar-refractivity contribution in [1.29, 1.82) is 0 Å². The fourth-order valence-electron chi connectivity index (χ4n) is 1.31. The van der Waals surface area contributed by atoms with E-state index in [2.05, 4.69) is 15.5 Å². The van der Waals surface area contributed by atoms with Crippen LogP contribution in [0.25, 0.3) is 0 Å². The second-order valence-electron chi connectivity index (χ2n) is 3.54. The smallest absolute Gasteiger partial charge is 0.320 e. The van der Waals surface area contributed by atoms with E-state index in [-0.39, 0.29) is 11.4 Å². The Morgan fingerprint density at radius 2 is 2.17 bits per heavy atom. The van der Waals surface area contributed by atoms with Crippen molar-refractivity contribution in [2.45, 2.75) is 12.3 Å². The van der Waals surface area contributed by atoms with Gasteiger partial charge in [-0.05, 0) is 25.1 Å². The summed E-state index contributed by atoms with van der Waals surface area (Å²) >= 11 is 11.8. The highest BCUT2D eigenvalue weighted by Crippen LogP contribution is 2.29. The molecule has 1 heterocycles. The zero-order valence-electron chi connectivity index (χ0n) is 9.78. The maximum absolute atomic E-state index is 6.00. The molecule has 1 unspecified atom stereocenters. The van der Waals surface area contributed by atoms with E-state index in [0.717, 1.165) is 5.69 Å². The first-order valence-corrected chi connectivity index (χ1v) is 5.99. The van der Waals surface area contributed by atoms with Crippen LogP contribution in [-0.2, 0) is 0 Å². The minimum atomic E-state index is -0.326. The summed E-state index contributed by atoms with van der Waals surface area (Å²) in [4.78, 5) is 0. The summed E-state index contributed by atoms with van der Waals surface area (Å²) in [5.74, 6) is 0.960. The van der Waals surface area contributed by atoms with Crippen LogP contribution in [0.2, 0.25) is 5.02 Å². The minimum absolute atomic E-state index is 0.263. The molecule has 0 fully saturated rings. The van der Waals surface area contributed by atoms with E-state index >= 15 is 0 Å². The van der Waals surface area contributed by atoms with Gasteiger partial charge in [0.25, 0.3) is 0 Å². The van der Waals surface area contributed by atoms with Crippen LogP contribution >= 0.6 is 23.2 Å². The van der Waals surface area contributed by atoms with Crippen LogP contribution in [0.4, 0.5) is 11.7 Å². The Balaban J connectivity index is 2.15. The standard InChI is InChI=1S/C11H11Cl2N3O2/c1-6(12)10-15-16-11(18-10)14-7-3-4-9(17-2)8(13)5-7/h3-6H,1-2H3,(H,14,16). The molecule has 0 spiro atoms. The minimum Gasteiger partial charge on any atom is -0.495 e. The average molecular weight is 288 g/mol. The summed E-state index contributed by atoms with van der Waals surface area (Å²) in [5, 5.41) is 10.7. The van der Waals surface area contributed by atoms with Crippen LogP contribution in [-0.4, -0.2) is 17.3 Å². The third kappa shape index (κ3) is 2.86. The number of halogens is 2. The lowest BCUT2D eigenvalue weighted by Gasteiger charge is -2.05. The van der Waals surface area contributed by atoms with Gasteiger partial charge < -0.3 is 14.5 Å². The summed E-state index contributed by atoms with van der Waals surface area (Å²) in [6.07, 6.45) is 0. The normalized spacial score (nSPS) is 12.2. The molecule has 5 nitrogen and oxygen atoms in total. The average Bonchev–Trinajstić information content (AvgIpc) is 2.78. The lowest BCUT2D eigenvalue weighted by Crippen LogP contribution is -1.91. The van der Waals surface area contributed by atoms with Gasteiger partial charge in [-0.3, -0.25) is 0 Å². The van der Waals surface area contributed by atoms with Gasteiger partial charge in [-0.1, -0.05) is 16.7 Å². The molecule has 0 bridgehead atoms. The summed E-state index contributed by atoms with van der Waals surface area (Å²) in [5.41, 5.74) is 0.721. The van der Waals surface area contributed by atoms with Crippen LogP contribution in [0.15, 0.2) is 22.6 Å². The molecule has 0 aliphatic heterocycles. The van der Waals surface area contributed by atoms with Crippen LogP contribution in [0.5, 0.6) is 5.75 Å². The Morgan fingerprint density at radius 3 is 2.72 bits per heavy atom. The van der Waals surface area contributed by atoms with E-state index in [9.17, 15) is 0 Å². The maximum Gasteiger partial charge on any atom is 0.320 e. The lowest BCUT2D eigenvalue weighted by molar-refractivity contribution is 0.415. The van der Waals surface area contributed by atoms with Crippen molar-refractivity contribution in [2.75, 3.05) is 12.4 Å². The molecule has 1 N–H and O–H groups in total. The van der Waals surface area contributed by atoms with Gasteiger partial charge in [0.15, 0.2) is 0 Å². The SMILES string of the molecule is COc1ccc(Nc2nnc(C(C)Cl)o2)cc1Cl. The Kier molecular flexibility index (Phi) is 3.93. The topological polar surface area (TPSA) is 60.2 Å². The number of hydrogen-bond acceptors (Lipinski definition) is 5. The summed E-state index contributed by atoms with van der Waals surface area (Å²) < 4.78 is 10.4. The van der Waals surface area contributed by atoms with Gasteiger partial charge in [0, 0.05) is 5.69 Å². The maximum atomic E-state index is 6.00. The third-order valence-corrected chi connectivity index (χ3v) is 2.67. The van der Waals surface area contributed by atoms with Crippen molar-refractivity contribution >= 4 is 34.9 Å². The molecule has 1 aromatic carbocycles. The van der Waals surface area contributed by atoms with Gasteiger partial charge in [0.2, 0.25) is 5.89 Å². The van der Waals surface area contributed by atoms with E-state index in [1.807, 2.05) is 0 Å². The van der Waals surface area contributed by atoms with Gasteiger partial charge in [-0.15, -0.1) is 16.7 Å². The summed E-state index contributed by atoms with van der Waals surface area (Å²) in [6, 6.07) is 5.50. The molecule has 0 saturated heterocycles. The van der Waals surface area contributed by atoms with Gasteiger partial charge in [-0.2, -0.15) is 0 Å². The molecule has 0 saturated carbocycles. The molecule has 2 rings (SSSR count). The first-order chi connectivity index (χ1) is 8.60. The predicted octanol–water partition coefficient (Wildman–Crippen LogP) is 3.78. The molecule has 0 aliphatic rings. The van der Waals surface area contributed by atoms with E-state index in [4.69, 9.17) is 32.4 Å². The van der Waals surface area contributed by atoms with Crippen LogP contribution in [0, 0.1) is 0 Å². The van der Waals surface area contributed by atoms with Gasteiger partial charge >= 0.3 is 6.01 Å². The molecule has 1 atom stereocenters. The van der Waals surface area contributed by atoms with Crippen LogP contribution in [0.1, 0.15) is 18.2 Å². The van der Waals surface area contributed by atoms with Crippen molar-refractivity contribution in [2.24, 2.45) is 0 Å². The molecule has 7 heteroatoms. The molecular formula is C11H11Cl2N3O2. The number of alkyl halides is 1. The zero-order chi connectivity index (χ0) is 13.1. The second kappa shape index (κ2) is 5.46. The van der Waals surface area contributed by atoms with Crippen molar-refractivity contribution in [3.63, 3.8) is 0 Å². The Morgan fingerprint density at radius 1 is 1.39 bits per heavy atom. The molecule has 96 valence electrons. The Labute approximate surface area is 114 Å². The molecule has 0 radical (unpaired) electrons. The molecule has 0 aliphatic carbocycles. The van der Waals surface area contributed by atoms with Crippen molar-refractivity contribution in [1.82, 2.24) is 10.2 Å². The number of benzene rings is 1. The molecule has 18 heavy (non-hydrogen) atoms. The molecule has 1 aromatic heterocycles. The first-order valence-electron chi connectivity index (χ1n) is 5.18. The van der Waals surface area contributed by atoms with E-state index in [0.29, 0.717) is 16.7 Å². The van der Waals surface area contributed by atoms with Gasteiger partial charge in [0.1, 0.15) is 11.1 Å². The largest absolute Gasteiger partial charge is 0.495 e. The quantitative estimate of drug-likeness (QED) is 0.868. The number of nitrogens with zero attached hydrogens (tertiary/aromatic N) is 2. The van der Waals surface area contributed by atoms with Crippen LogP contribution in [0.3, 0.4) is 0 Å². The number of methoxy groups -OCH3 is 1.